The number of ether oxygens (including phenoxy) is 3. The average molecular weight is 578 g/mol. The third kappa shape index (κ3) is 4.72. The topological polar surface area (TPSA) is 27.7 Å². The van der Waals surface area contributed by atoms with Gasteiger partial charge in [-0.05, 0) is 70.3 Å². The van der Waals surface area contributed by atoms with Crippen LogP contribution in [0.3, 0.4) is 0 Å². The van der Waals surface area contributed by atoms with Gasteiger partial charge in [0.25, 0.3) is 0 Å². The summed E-state index contributed by atoms with van der Waals surface area (Å²) in [5.74, 6) is 0.736. The summed E-state index contributed by atoms with van der Waals surface area (Å²) in [4.78, 5) is -0.0847. The molecule has 0 saturated carbocycles. The zero-order chi connectivity index (χ0) is 26.2. The fourth-order valence-electron chi connectivity index (χ4n) is 9.00. The van der Waals surface area contributed by atoms with Gasteiger partial charge in [-0.1, -0.05) is 58.9 Å². The van der Waals surface area contributed by atoms with Crippen molar-refractivity contribution in [2.45, 2.75) is 144 Å². The molecule has 0 aromatic rings. The van der Waals surface area contributed by atoms with Crippen LogP contribution in [0.5, 0.6) is 0 Å². The molecule has 3 rings (SSSR count). The predicted molar refractivity (Wildman–Crippen MR) is 164 cm³/mol. The van der Waals surface area contributed by atoms with Crippen molar-refractivity contribution in [2.24, 2.45) is 0 Å². The van der Waals surface area contributed by atoms with E-state index in [9.17, 15) is 0 Å². The molecule has 3 saturated heterocycles. The Bertz CT molecular complexity index is 604. The Balaban J connectivity index is 2.55. The molecule has 0 aromatic carbocycles. The quantitative estimate of drug-likeness (QED) is 0.205. The molecule has 35 heavy (non-hydrogen) atoms. The maximum absolute atomic E-state index is 7.50. The standard InChI is InChI=1S/C27H57ClO3Si4/c1-32(2,3)25(17-10-13-21-29-25)35(24-16-20-28,26(33(4,5)6)18-11-14-22-30-26)27(34(7,8)9)19-12-15-23-31-27/h10-24H2,1-9H3. The van der Waals surface area contributed by atoms with E-state index in [4.69, 9.17) is 25.8 Å². The van der Waals surface area contributed by atoms with Gasteiger partial charge in [-0.2, -0.15) is 0 Å². The molecule has 206 valence electrons. The van der Waals surface area contributed by atoms with Crippen LogP contribution in [0.2, 0.25) is 65.0 Å². The van der Waals surface area contributed by atoms with E-state index in [1.54, 1.807) is 0 Å². The highest BCUT2D eigenvalue weighted by Crippen LogP contribution is 2.62. The van der Waals surface area contributed by atoms with Crippen molar-refractivity contribution >= 4 is 43.9 Å². The summed E-state index contributed by atoms with van der Waals surface area (Å²) < 4.78 is 22.5. The summed E-state index contributed by atoms with van der Waals surface area (Å²) in [7, 11) is -8.03. The van der Waals surface area contributed by atoms with Crippen LogP contribution in [0.15, 0.2) is 0 Å². The molecular weight excluding hydrogens is 520 g/mol. The van der Waals surface area contributed by atoms with Crippen LogP contribution in [0.4, 0.5) is 0 Å². The monoisotopic (exact) mass is 576 g/mol. The lowest BCUT2D eigenvalue weighted by Crippen LogP contribution is -2.95. The zero-order valence-electron chi connectivity index (χ0n) is 24.7. The van der Waals surface area contributed by atoms with Gasteiger partial charge in [0.05, 0.1) is 38.8 Å². The minimum absolute atomic E-state index is 0.0282. The predicted octanol–water partition coefficient (Wildman–Crippen LogP) is 8.13. The van der Waals surface area contributed by atoms with Gasteiger partial charge in [-0.25, -0.2) is 0 Å². The second kappa shape index (κ2) is 10.9. The van der Waals surface area contributed by atoms with Crippen LogP contribution in [0, 0.1) is 0 Å². The summed E-state index contributed by atoms with van der Waals surface area (Å²) in [5.41, 5.74) is 0. The fraction of sp³-hybridized carbons (Fsp3) is 1.00. The minimum Gasteiger partial charge on any atom is -0.382 e. The van der Waals surface area contributed by atoms with Gasteiger partial charge in [-0.3, -0.25) is 0 Å². The summed E-state index contributed by atoms with van der Waals surface area (Å²) in [6, 6.07) is 1.22. The third-order valence-corrected chi connectivity index (χ3v) is 35.9. The van der Waals surface area contributed by atoms with Gasteiger partial charge in [0, 0.05) is 25.7 Å². The number of rotatable bonds is 9. The molecule has 0 bridgehead atoms. The number of halogens is 1. The Hall–Kier alpha value is 1.04. The van der Waals surface area contributed by atoms with E-state index >= 15 is 0 Å². The van der Waals surface area contributed by atoms with Gasteiger partial charge in [0.2, 0.25) is 0 Å². The number of alkyl halides is 1. The Morgan fingerprint density at radius 3 is 1.06 bits per heavy atom. The Morgan fingerprint density at radius 2 is 0.857 bits per heavy atom. The first-order valence-corrected chi connectivity index (χ1v) is 27.9. The van der Waals surface area contributed by atoms with Crippen molar-refractivity contribution in [3.8, 4) is 0 Å². The van der Waals surface area contributed by atoms with E-state index in [0.29, 0.717) is 0 Å². The summed E-state index contributed by atoms with van der Waals surface area (Å²) >= 11 is 6.64. The maximum atomic E-state index is 7.50. The molecule has 0 amide bonds. The third-order valence-electron chi connectivity index (χ3n) is 10.2. The second-order valence-corrected chi connectivity index (χ2v) is 37.4. The molecule has 0 N–H and O–H groups in total. The van der Waals surface area contributed by atoms with Gasteiger partial charge < -0.3 is 14.2 Å². The van der Waals surface area contributed by atoms with Gasteiger partial charge in [-0.15, -0.1) is 11.6 Å². The first-order chi connectivity index (χ1) is 16.2. The van der Waals surface area contributed by atoms with E-state index in [-0.39, 0.29) is 14.5 Å². The Labute approximate surface area is 226 Å². The van der Waals surface area contributed by atoms with Crippen molar-refractivity contribution in [1.29, 1.82) is 0 Å². The van der Waals surface area contributed by atoms with Crippen LogP contribution in [-0.2, 0) is 14.2 Å². The van der Waals surface area contributed by atoms with E-state index in [1.807, 2.05) is 0 Å². The Kier molecular flexibility index (Phi) is 9.52. The van der Waals surface area contributed by atoms with E-state index in [1.165, 1.54) is 63.8 Å². The zero-order valence-corrected chi connectivity index (χ0v) is 29.5. The van der Waals surface area contributed by atoms with E-state index in [2.05, 4.69) is 58.9 Å². The molecule has 0 radical (unpaired) electrons. The van der Waals surface area contributed by atoms with Crippen LogP contribution in [0.1, 0.15) is 64.2 Å². The lowest BCUT2D eigenvalue weighted by molar-refractivity contribution is -0.0485. The van der Waals surface area contributed by atoms with Gasteiger partial charge >= 0.3 is 0 Å². The van der Waals surface area contributed by atoms with Crippen molar-refractivity contribution in [3.05, 3.63) is 0 Å². The van der Waals surface area contributed by atoms with Gasteiger partial charge in [0.1, 0.15) is 0 Å². The molecule has 3 heterocycles. The van der Waals surface area contributed by atoms with Crippen LogP contribution >= 0.6 is 11.6 Å². The lowest BCUT2D eigenvalue weighted by atomic mass is 10.2. The molecule has 3 aliphatic rings. The highest BCUT2D eigenvalue weighted by Gasteiger charge is 2.81. The summed E-state index contributed by atoms with van der Waals surface area (Å²) in [6.45, 7) is 26.4. The normalized spacial score (nSPS) is 35.5. The van der Waals surface area contributed by atoms with E-state index in [0.717, 1.165) is 32.1 Å². The lowest BCUT2D eigenvalue weighted by Gasteiger charge is -2.74. The van der Waals surface area contributed by atoms with Crippen molar-refractivity contribution in [3.63, 3.8) is 0 Å². The molecule has 8 heteroatoms. The molecule has 3 unspecified atom stereocenters. The first-order valence-electron chi connectivity index (χ1n) is 14.7. The van der Waals surface area contributed by atoms with Crippen LogP contribution < -0.4 is 0 Å². The summed E-state index contributed by atoms with van der Waals surface area (Å²) in [6.07, 6.45) is 12.2. The molecule has 3 nitrogen and oxygen atoms in total. The fourth-order valence-corrected chi connectivity index (χ4v) is 41.7. The first kappa shape index (κ1) is 30.6. The number of hydrogen-bond donors (Lipinski definition) is 0. The van der Waals surface area contributed by atoms with Crippen molar-refractivity contribution < 1.29 is 14.2 Å². The molecule has 0 spiro atoms. The SMILES string of the molecule is C[Si](C)(C)C1([Si](CCCCl)(C2([Si](C)(C)C)CCCCO2)C2([Si](C)(C)C)CCCCO2)CCCCO1. The minimum atomic E-state index is -2.54. The van der Waals surface area contributed by atoms with Crippen molar-refractivity contribution in [1.82, 2.24) is 0 Å². The molecule has 0 aliphatic carbocycles. The van der Waals surface area contributed by atoms with E-state index < -0.39 is 32.3 Å². The second-order valence-electron chi connectivity index (χ2n) is 14.8. The van der Waals surface area contributed by atoms with Crippen LogP contribution in [-0.4, -0.2) is 72.5 Å². The molecule has 3 aliphatic heterocycles. The highest BCUT2D eigenvalue weighted by molar-refractivity contribution is 7.15. The molecule has 3 fully saturated rings. The number of hydrogen-bond acceptors (Lipinski definition) is 3. The molecular formula is C27H57ClO3Si4. The average Bonchev–Trinajstić information content (AvgIpc) is 2.79. The summed E-state index contributed by atoms with van der Waals surface area (Å²) in [5, 5.41) is 0. The van der Waals surface area contributed by atoms with Crippen molar-refractivity contribution in [2.75, 3.05) is 25.7 Å². The van der Waals surface area contributed by atoms with Gasteiger partial charge in [0.15, 0.2) is 8.07 Å². The maximum Gasteiger partial charge on any atom is 0.151 e. The van der Waals surface area contributed by atoms with Crippen LogP contribution in [0.25, 0.3) is 0 Å². The Morgan fingerprint density at radius 1 is 0.543 bits per heavy atom. The molecule has 3 atom stereocenters. The smallest absolute Gasteiger partial charge is 0.151 e. The highest BCUT2D eigenvalue weighted by atomic mass is 35.5. The molecule has 0 aromatic heterocycles. The largest absolute Gasteiger partial charge is 0.382 e.